The highest BCUT2D eigenvalue weighted by Gasteiger charge is 2.72. The number of aliphatic hydroxyl groups is 3. The van der Waals surface area contributed by atoms with Crippen molar-refractivity contribution in [3.63, 3.8) is 0 Å². The number of hydrogen-bond donors (Lipinski definition) is 3. The van der Waals surface area contributed by atoms with E-state index in [0.717, 1.165) is 0 Å². The van der Waals surface area contributed by atoms with E-state index < -0.39 is 56.3 Å². The van der Waals surface area contributed by atoms with Crippen LogP contribution in [0.1, 0.15) is 86.6 Å². The summed E-state index contributed by atoms with van der Waals surface area (Å²) in [7, 11) is -4.80. The van der Waals surface area contributed by atoms with Gasteiger partial charge in [0.15, 0.2) is 23.0 Å². The Morgan fingerprint density at radius 2 is 0.915 bits per heavy atom. The van der Waals surface area contributed by atoms with Gasteiger partial charge in [0.1, 0.15) is 11.2 Å². The molecule has 1 heterocycles. The molecule has 308 valence electrons. The maximum atomic E-state index is 15.0. The van der Waals surface area contributed by atoms with Crippen molar-refractivity contribution in [2.24, 2.45) is 0 Å². The van der Waals surface area contributed by atoms with E-state index in [-0.39, 0.29) is 58.4 Å². The first-order valence-electron chi connectivity index (χ1n) is 19.3. The van der Waals surface area contributed by atoms with Crippen LogP contribution in [0.4, 0.5) is 0 Å². The molecule has 0 unspecified atom stereocenters. The fourth-order valence-corrected chi connectivity index (χ4v) is 9.10. The summed E-state index contributed by atoms with van der Waals surface area (Å²) < 4.78 is 39.6. The van der Waals surface area contributed by atoms with Crippen molar-refractivity contribution in [2.45, 2.75) is 89.4 Å². The number of benzene rings is 5. The van der Waals surface area contributed by atoms with Gasteiger partial charge in [-0.1, -0.05) is 133 Å². The Labute approximate surface area is 344 Å². The number of ketones is 3. The first kappa shape index (κ1) is 43.6. The van der Waals surface area contributed by atoms with Crippen LogP contribution in [-0.2, 0) is 55.3 Å². The second-order valence-electron chi connectivity index (χ2n) is 15.1. The zero-order chi connectivity index (χ0) is 42.4. The van der Waals surface area contributed by atoms with Gasteiger partial charge in [0.05, 0.1) is 19.3 Å². The Balaban J connectivity index is 1.56. The quantitative estimate of drug-likeness (QED) is 0.0619. The van der Waals surface area contributed by atoms with Crippen molar-refractivity contribution in [1.29, 1.82) is 0 Å². The lowest BCUT2D eigenvalue weighted by molar-refractivity contribution is -0.385. The number of phosphoric acid groups is 1. The highest BCUT2D eigenvalue weighted by molar-refractivity contribution is 7.48. The molecule has 5 atom stereocenters. The van der Waals surface area contributed by atoms with Gasteiger partial charge in [-0.05, 0) is 55.5 Å². The molecule has 1 saturated heterocycles. The van der Waals surface area contributed by atoms with Crippen molar-refractivity contribution in [3.05, 3.63) is 178 Å². The average Bonchev–Trinajstić information content (AvgIpc) is 3.22. The Hall–Kier alpha value is -4.94. The first-order chi connectivity index (χ1) is 28.1. The van der Waals surface area contributed by atoms with E-state index in [1.54, 1.807) is 121 Å². The van der Waals surface area contributed by atoms with Crippen LogP contribution >= 0.6 is 7.82 Å². The van der Waals surface area contributed by atoms with Crippen LogP contribution in [0.3, 0.4) is 0 Å². The molecule has 5 aromatic rings. The molecule has 1 fully saturated rings. The maximum Gasteiger partial charge on any atom is 0.477 e. The second kappa shape index (κ2) is 18.1. The van der Waals surface area contributed by atoms with Crippen LogP contribution < -0.4 is 0 Å². The third kappa shape index (κ3) is 9.29. The number of hydrogen-bond acceptors (Lipinski definition) is 11. The van der Waals surface area contributed by atoms with Gasteiger partial charge in [0, 0.05) is 36.0 Å². The molecular formula is C47H49O11P. The molecule has 59 heavy (non-hydrogen) atoms. The predicted octanol–water partition coefficient (Wildman–Crippen LogP) is 7.82. The van der Waals surface area contributed by atoms with E-state index >= 15 is 0 Å². The van der Waals surface area contributed by atoms with Crippen molar-refractivity contribution < 1.29 is 52.6 Å². The third-order valence-corrected chi connectivity index (χ3v) is 12.4. The van der Waals surface area contributed by atoms with Crippen molar-refractivity contribution in [3.8, 4) is 0 Å². The smallest absolute Gasteiger partial charge is 0.384 e. The molecule has 11 nitrogen and oxygen atoms in total. The average molecular weight is 821 g/mol. The monoisotopic (exact) mass is 820 g/mol. The van der Waals surface area contributed by atoms with Crippen LogP contribution in [0.25, 0.3) is 0 Å². The summed E-state index contributed by atoms with van der Waals surface area (Å²) in [5.41, 5.74) is -5.30. The lowest BCUT2D eigenvalue weighted by Gasteiger charge is -2.61. The minimum absolute atomic E-state index is 0.194. The van der Waals surface area contributed by atoms with Gasteiger partial charge < -0.3 is 20.1 Å². The van der Waals surface area contributed by atoms with Crippen molar-refractivity contribution >= 4 is 25.2 Å². The molecule has 0 saturated carbocycles. The second-order valence-corrected chi connectivity index (χ2v) is 16.7. The molecule has 3 N–H and O–H groups in total. The van der Waals surface area contributed by atoms with Crippen LogP contribution in [0.5, 0.6) is 0 Å². The van der Waals surface area contributed by atoms with E-state index in [1.807, 2.05) is 12.1 Å². The summed E-state index contributed by atoms with van der Waals surface area (Å²) in [5, 5.41) is 40.5. The molecule has 0 spiro atoms. The normalized spacial score (nSPS) is 23.1. The van der Waals surface area contributed by atoms with Gasteiger partial charge in [-0.25, -0.2) is 4.57 Å². The van der Waals surface area contributed by atoms with E-state index in [1.165, 1.54) is 27.7 Å². The number of phosphoric ester groups is 1. The van der Waals surface area contributed by atoms with Gasteiger partial charge in [0.2, 0.25) is 6.29 Å². The fourth-order valence-electron chi connectivity index (χ4n) is 7.84. The largest absolute Gasteiger partial charge is 0.477 e. The topological polar surface area (TPSA) is 166 Å². The molecule has 0 aliphatic carbocycles. The molecule has 0 amide bonds. The minimum atomic E-state index is -4.80. The predicted molar refractivity (Wildman–Crippen MR) is 221 cm³/mol. The molecule has 0 bridgehead atoms. The summed E-state index contributed by atoms with van der Waals surface area (Å²) in [4.78, 5) is 39.0. The minimum Gasteiger partial charge on any atom is -0.384 e. The van der Waals surface area contributed by atoms with E-state index in [9.17, 15) is 34.3 Å². The molecule has 12 heteroatoms. The van der Waals surface area contributed by atoms with Gasteiger partial charge in [0.25, 0.3) is 0 Å². The van der Waals surface area contributed by atoms with Gasteiger partial charge in [-0.3, -0.25) is 28.0 Å². The number of carbonyl (C=O) groups is 3. The van der Waals surface area contributed by atoms with Crippen LogP contribution in [-0.4, -0.2) is 61.9 Å². The fraction of sp³-hybridized carbons (Fsp3) is 0.298. The van der Waals surface area contributed by atoms with Gasteiger partial charge in [-0.15, -0.1) is 0 Å². The van der Waals surface area contributed by atoms with Gasteiger partial charge in [-0.2, -0.15) is 0 Å². The maximum absolute atomic E-state index is 15.0. The highest BCUT2D eigenvalue weighted by atomic mass is 31.2. The Morgan fingerprint density at radius 3 is 1.32 bits per heavy atom. The zero-order valence-corrected chi connectivity index (χ0v) is 34.3. The lowest BCUT2D eigenvalue weighted by atomic mass is 9.59. The molecule has 1 aliphatic heterocycles. The molecule has 5 aromatic carbocycles. The van der Waals surface area contributed by atoms with Crippen LogP contribution in [0.15, 0.2) is 133 Å². The number of Topliss-reactive ketones (excluding diaryl/α,β-unsaturated/α-hetero) is 3. The summed E-state index contributed by atoms with van der Waals surface area (Å²) in [6, 6.07) is 37.2. The highest BCUT2D eigenvalue weighted by Crippen LogP contribution is 2.58. The molecule has 0 radical (unpaired) electrons. The SMILES string of the molecule is CC(=O)c1ccccc1C[C@]1(O)[C@@](O)(Cc2ccccc2C(C)=O)[C@H](OP(=O)(OCc2ccccc2)OCc2ccccc2)O[C@@H](C)[C@]1(O)Cc1ccccc1C(C)=O. The molecule has 6 rings (SSSR count). The lowest BCUT2D eigenvalue weighted by Crippen LogP contribution is -2.81. The van der Waals surface area contributed by atoms with Gasteiger partial charge >= 0.3 is 7.82 Å². The van der Waals surface area contributed by atoms with Crippen LogP contribution in [0, 0.1) is 0 Å². The van der Waals surface area contributed by atoms with Crippen molar-refractivity contribution in [2.75, 3.05) is 0 Å². The van der Waals surface area contributed by atoms with E-state index in [0.29, 0.717) is 16.7 Å². The summed E-state index contributed by atoms with van der Waals surface area (Å²) >= 11 is 0. The van der Waals surface area contributed by atoms with Crippen molar-refractivity contribution in [1.82, 2.24) is 0 Å². The third-order valence-electron chi connectivity index (χ3n) is 11.1. The number of carbonyl (C=O) groups excluding carboxylic acids is 3. The number of rotatable bonds is 17. The standard InChI is InChI=1S/C47H49O11P/c1-32(48)41-24-14-11-21-38(41)27-45(51)35(4)57-44(58-59(54,55-30-36-17-7-5-8-18-36)56-31-37-19-9-6-10-20-37)46(52,28-39-22-12-15-25-42(39)33(2)49)47(45,53)29-40-23-13-16-26-43(40)34(3)50/h5-26,35,44,51-53H,27-31H2,1-4H3/t35-,44-,45+,46+,47+/m0/s1. The molecular weight excluding hydrogens is 771 g/mol. The molecule has 1 aliphatic rings. The summed E-state index contributed by atoms with van der Waals surface area (Å²) in [5.74, 6) is -1.01. The van der Waals surface area contributed by atoms with E-state index in [2.05, 4.69) is 0 Å². The Kier molecular flexibility index (Phi) is 13.4. The molecule has 0 aromatic heterocycles. The Bertz CT molecular complexity index is 2290. The first-order valence-corrected chi connectivity index (χ1v) is 20.8. The van der Waals surface area contributed by atoms with Crippen LogP contribution in [0.2, 0.25) is 0 Å². The summed E-state index contributed by atoms with van der Waals surface area (Å²) in [6.45, 7) is 5.05. The Morgan fingerprint density at radius 1 is 0.559 bits per heavy atom. The number of ether oxygens (including phenoxy) is 1. The summed E-state index contributed by atoms with van der Waals surface area (Å²) in [6.07, 6.45) is -5.12. The zero-order valence-electron chi connectivity index (χ0n) is 33.4. The van der Waals surface area contributed by atoms with E-state index in [4.69, 9.17) is 18.3 Å².